The first-order valence-corrected chi connectivity index (χ1v) is 10.4. The highest BCUT2D eigenvalue weighted by Crippen LogP contribution is 2.36. The van der Waals surface area contributed by atoms with Crippen LogP contribution in [0.5, 0.6) is 11.5 Å². The van der Waals surface area contributed by atoms with Crippen LogP contribution < -0.4 is 4.74 Å². The van der Waals surface area contributed by atoms with E-state index in [1.54, 1.807) is 21.7 Å². The molecule has 0 atom stereocenters. The minimum absolute atomic E-state index is 0.0728. The van der Waals surface area contributed by atoms with Gasteiger partial charge in [0.2, 0.25) is 0 Å². The second kappa shape index (κ2) is 8.24. The van der Waals surface area contributed by atoms with Gasteiger partial charge in [-0.2, -0.15) is 10.4 Å². The third-order valence-corrected chi connectivity index (χ3v) is 5.64. The third-order valence-electron chi connectivity index (χ3n) is 5.64. The van der Waals surface area contributed by atoms with E-state index in [4.69, 9.17) is 4.74 Å². The van der Waals surface area contributed by atoms with Crippen molar-refractivity contribution in [2.24, 2.45) is 7.05 Å². The topological polar surface area (TPSA) is 71.2 Å². The zero-order valence-electron chi connectivity index (χ0n) is 17.8. The van der Waals surface area contributed by atoms with Gasteiger partial charge in [-0.3, -0.25) is 9.48 Å². The smallest absolute Gasteiger partial charge is 0.258 e. The number of nitriles is 1. The minimum atomic E-state index is -0.650. The van der Waals surface area contributed by atoms with Crippen molar-refractivity contribution in [1.29, 1.82) is 5.26 Å². The summed E-state index contributed by atoms with van der Waals surface area (Å²) >= 11 is 0. The number of ether oxygens (including phenoxy) is 1. The van der Waals surface area contributed by atoms with E-state index in [1.165, 1.54) is 18.2 Å². The zero-order chi connectivity index (χ0) is 22.9. The lowest BCUT2D eigenvalue weighted by Gasteiger charge is -2.16. The maximum atomic E-state index is 14.3. The third kappa shape index (κ3) is 3.83. The molecule has 0 bridgehead atoms. The molecule has 4 aromatic rings. The average Bonchev–Trinajstić information content (AvgIpc) is 3.39. The van der Waals surface area contributed by atoms with Crippen molar-refractivity contribution in [3.63, 3.8) is 0 Å². The van der Waals surface area contributed by atoms with Crippen LogP contribution in [0.4, 0.5) is 4.39 Å². The molecule has 1 aliphatic rings. The highest BCUT2D eigenvalue weighted by atomic mass is 19.1. The van der Waals surface area contributed by atoms with Crippen LogP contribution in [0.1, 0.15) is 27.0 Å². The van der Waals surface area contributed by atoms with Gasteiger partial charge in [0.15, 0.2) is 11.6 Å². The molecular weight excluding hydrogens is 419 g/mol. The Balaban J connectivity index is 1.37. The molecule has 1 aliphatic heterocycles. The summed E-state index contributed by atoms with van der Waals surface area (Å²) in [6.07, 6.45) is 3.76. The number of aromatic nitrogens is 2. The molecule has 2 heterocycles. The van der Waals surface area contributed by atoms with E-state index in [2.05, 4.69) is 5.10 Å². The monoisotopic (exact) mass is 438 g/mol. The van der Waals surface area contributed by atoms with Crippen LogP contribution in [0.2, 0.25) is 0 Å². The molecule has 162 valence electrons. The maximum absolute atomic E-state index is 14.3. The summed E-state index contributed by atoms with van der Waals surface area (Å²) in [7, 11) is 1.87. The Morgan fingerprint density at radius 2 is 1.88 bits per heavy atom. The molecule has 3 aromatic carbocycles. The second-order valence-corrected chi connectivity index (χ2v) is 7.88. The molecule has 0 unspecified atom stereocenters. The maximum Gasteiger partial charge on any atom is 0.258 e. The highest BCUT2D eigenvalue weighted by Gasteiger charge is 2.31. The van der Waals surface area contributed by atoms with Crippen molar-refractivity contribution >= 4 is 5.91 Å². The summed E-state index contributed by atoms with van der Waals surface area (Å²) in [4.78, 5) is 14.9. The molecule has 0 radical (unpaired) electrons. The van der Waals surface area contributed by atoms with Crippen molar-refractivity contribution in [2.75, 3.05) is 0 Å². The zero-order valence-corrected chi connectivity index (χ0v) is 17.8. The van der Waals surface area contributed by atoms with Crippen molar-refractivity contribution < 1.29 is 13.9 Å². The van der Waals surface area contributed by atoms with E-state index >= 15 is 0 Å². The van der Waals surface area contributed by atoms with Gasteiger partial charge in [0.05, 0.1) is 17.3 Å². The molecule has 0 spiro atoms. The number of nitrogens with zero attached hydrogens (tertiary/aromatic N) is 4. The molecule has 5 rings (SSSR count). The molecule has 33 heavy (non-hydrogen) atoms. The van der Waals surface area contributed by atoms with Crippen LogP contribution in [-0.4, -0.2) is 20.6 Å². The van der Waals surface area contributed by atoms with E-state index in [9.17, 15) is 14.4 Å². The second-order valence-electron chi connectivity index (χ2n) is 7.88. The number of carbonyl (C=O) groups excluding carboxylic acids is 1. The highest BCUT2D eigenvalue weighted by molar-refractivity contribution is 6.01. The van der Waals surface area contributed by atoms with Crippen LogP contribution >= 0.6 is 0 Å². The Morgan fingerprint density at radius 1 is 1.09 bits per heavy atom. The Morgan fingerprint density at radius 3 is 2.61 bits per heavy atom. The SMILES string of the molecule is Cn1cc(-c2ccc(CN3Cc4cccc(Oc5c(F)cccc5C#N)c4C3=O)cc2)cn1. The lowest BCUT2D eigenvalue weighted by atomic mass is 10.1. The van der Waals surface area contributed by atoms with Crippen molar-refractivity contribution in [3.8, 4) is 28.7 Å². The number of hydrogen-bond donors (Lipinski definition) is 0. The van der Waals surface area contributed by atoms with Crippen LogP contribution in [0.15, 0.2) is 73.1 Å². The number of para-hydroxylation sites is 1. The van der Waals surface area contributed by atoms with Crippen molar-refractivity contribution in [1.82, 2.24) is 14.7 Å². The van der Waals surface area contributed by atoms with Gasteiger partial charge in [-0.25, -0.2) is 4.39 Å². The molecule has 0 N–H and O–H groups in total. The van der Waals surface area contributed by atoms with Gasteiger partial charge >= 0.3 is 0 Å². The molecule has 0 saturated carbocycles. The van der Waals surface area contributed by atoms with E-state index < -0.39 is 5.82 Å². The minimum Gasteiger partial charge on any atom is -0.452 e. The Hall–Kier alpha value is -4.44. The number of benzene rings is 3. The lowest BCUT2D eigenvalue weighted by Crippen LogP contribution is -2.23. The van der Waals surface area contributed by atoms with Gasteiger partial charge in [0, 0.05) is 31.9 Å². The number of rotatable bonds is 5. The Labute approximate surface area is 190 Å². The van der Waals surface area contributed by atoms with E-state index in [1.807, 2.05) is 55.8 Å². The summed E-state index contributed by atoms with van der Waals surface area (Å²) in [5.41, 5.74) is 4.35. The number of halogens is 1. The van der Waals surface area contributed by atoms with Crippen LogP contribution in [0.25, 0.3) is 11.1 Å². The summed E-state index contributed by atoms with van der Waals surface area (Å²) in [5, 5.41) is 13.5. The normalized spacial score (nSPS) is 12.5. The fourth-order valence-corrected chi connectivity index (χ4v) is 4.00. The number of carbonyl (C=O) groups is 1. The number of hydrogen-bond acceptors (Lipinski definition) is 4. The van der Waals surface area contributed by atoms with Crippen LogP contribution in [-0.2, 0) is 20.1 Å². The van der Waals surface area contributed by atoms with Crippen LogP contribution in [0, 0.1) is 17.1 Å². The summed E-state index contributed by atoms with van der Waals surface area (Å²) in [6, 6.07) is 19.3. The molecule has 1 amide bonds. The average molecular weight is 438 g/mol. The number of aryl methyl sites for hydroxylation is 1. The van der Waals surface area contributed by atoms with E-state index in [0.29, 0.717) is 18.7 Å². The summed E-state index contributed by atoms with van der Waals surface area (Å²) in [6.45, 7) is 0.863. The fraction of sp³-hybridized carbons (Fsp3) is 0.115. The lowest BCUT2D eigenvalue weighted by molar-refractivity contribution is 0.0765. The summed E-state index contributed by atoms with van der Waals surface area (Å²) < 4.78 is 21.8. The molecule has 0 saturated heterocycles. The molecule has 0 aliphatic carbocycles. The van der Waals surface area contributed by atoms with E-state index in [0.717, 1.165) is 22.3 Å². The van der Waals surface area contributed by atoms with Gasteiger partial charge < -0.3 is 9.64 Å². The van der Waals surface area contributed by atoms with Crippen LogP contribution in [0.3, 0.4) is 0 Å². The van der Waals surface area contributed by atoms with Crippen molar-refractivity contribution in [2.45, 2.75) is 13.1 Å². The molecule has 0 fully saturated rings. The van der Waals surface area contributed by atoms with Gasteiger partial charge in [-0.05, 0) is 34.9 Å². The Kier molecular flexibility index (Phi) is 5.11. The quantitative estimate of drug-likeness (QED) is 0.437. The predicted molar refractivity (Wildman–Crippen MR) is 120 cm³/mol. The Bertz CT molecular complexity index is 1400. The molecule has 7 heteroatoms. The van der Waals surface area contributed by atoms with Gasteiger partial charge in [0.25, 0.3) is 5.91 Å². The van der Waals surface area contributed by atoms with Gasteiger partial charge in [0.1, 0.15) is 11.8 Å². The first-order valence-electron chi connectivity index (χ1n) is 10.4. The number of amides is 1. The summed E-state index contributed by atoms with van der Waals surface area (Å²) in [5.74, 6) is -0.770. The van der Waals surface area contributed by atoms with Crippen molar-refractivity contribution in [3.05, 3.63) is 101 Å². The molecule has 6 nitrogen and oxygen atoms in total. The van der Waals surface area contributed by atoms with Gasteiger partial charge in [-0.1, -0.05) is 42.5 Å². The fourth-order valence-electron chi connectivity index (χ4n) is 4.00. The van der Waals surface area contributed by atoms with E-state index in [-0.39, 0.29) is 23.0 Å². The predicted octanol–water partition coefficient (Wildman–Crippen LogP) is 5.05. The first kappa shape index (κ1) is 20.5. The standard InChI is InChI=1S/C26H19FN4O2/c1-30-15-21(13-29-30)18-10-8-17(9-11-18)14-31-16-20-5-3-7-23(24(20)26(31)32)33-25-19(12-28)4-2-6-22(25)27/h2-11,13,15H,14,16H2,1H3. The largest absolute Gasteiger partial charge is 0.452 e. The van der Waals surface area contributed by atoms with Gasteiger partial charge in [-0.15, -0.1) is 0 Å². The first-order chi connectivity index (χ1) is 16.0. The number of fused-ring (bicyclic) bond motifs is 1. The molecule has 1 aromatic heterocycles. The molecular formula is C26H19FN4O2.